The maximum absolute atomic E-state index is 13.4. The minimum atomic E-state index is -4.77. The number of amides is 1. The van der Waals surface area contributed by atoms with Crippen LogP contribution in [0.2, 0.25) is 0 Å². The predicted octanol–water partition coefficient (Wildman–Crippen LogP) is 4.16. The van der Waals surface area contributed by atoms with Gasteiger partial charge in [0, 0.05) is 32.2 Å². The molecule has 3 heterocycles. The largest absolute Gasteiger partial charge is 0.471 e. The first-order valence-corrected chi connectivity index (χ1v) is 13.9. The van der Waals surface area contributed by atoms with Crippen molar-refractivity contribution in [3.8, 4) is 11.4 Å². The monoisotopic (exact) mass is 567 g/mol. The summed E-state index contributed by atoms with van der Waals surface area (Å²) < 4.78 is 65.9. The summed E-state index contributed by atoms with van der Waals surface area (Å²) in [6.07, 6.45) is -4.58. The highest BCUT2D eigenvalue weighted by atomic mass is 32.3. The van der Waals surface area contributed by atoms with Crippen LogP contribution in [-0.4, -0.2) is 72.8 Å². The minimum absolute atomic E-state index is 0.0449. The third kappa shape index (κ3) is 6.20. The Morgan fingerprint density at radius 3 is 2.77 bits per heavy atom. The predicted molar refractivity (Wildman–Crippen MR) is 138 cm³/mol. The number of aliphatic hydroxyl groups is 1. The fourth-order valence-corrected chi connectivity index (χ4v) is 6.17. The van der Waals surface area contributed by atoms with Crippen LogP contribution in [0.15, 0.2) is 47.0 Å². The van der Waals surface area contributed by atoms with Crippen LogP contribution in [0.3, 0.4) is 0 Å². The van der Waals surface area contributed by atoms with Crippen molar-refractivity contribution in [1.29, 1.82) is 0 Å². The van der Waals surface area contributed by atoms with Crippen LogP contribution in [0.25, 0.3) is 11.4 Å². The van der Waals surface area contributed by atoms with E-state index in [4.69, 9.17) is 0 Å². The van der Waals surface area contributed by atoms with Crippen molar-refractivity contribution in [2.45, 2.75) is 36.9 Å². The number of nitrogens with one attached hydrogen (secondary N) is 1. The normalized spacial score (nSPS) is 20.3. The van der Waals surface area contributed by atoms with Crippen molar-refractivity contribution in [1.82, 2.24) is 19.9 Å². The molecule has 1 aromatic heterocycles. The van der Waals surface area contributed by atoms with Crippen LogP contribution >= 0.6 is 10.8 Å². The number of hydrogen-bond donors (Lipinski definition) is 4. The number of carbonyl (C=O) groups excluding carboxylic acids is 1. The van der Waals surface area contributed by atoms with Gasteiger partial charge in [-0.1, -0.05) is 35.5 Å². The Labute approximate surface area is 223 Å². The van der Waals surface area contributed by atoms with E-state index < -0.39 is 35.0 Å². The quantitative estimate of drug-likeness (QED) is 0.332. The molecule has 0 bridgehead atoms. The van der Waals surface area contributed by atoms with E-state index in [0.717, 1.165) is 5.56 Å². The van der Waals surface area contributed by atoms with Crippen molar-refractivity contribution in [3.05, 3.63) is 65.0 Å². The molecule has 2 aliphatic heterocycles. The number of rotatable bonds is 7. The Morgan fingerprint density at radius 2 is 2.08 bits per heavy atom. The first-order valence-electron chi connectivity index (χ1n) is 12.2. The molecule has 2 atom stereocenters. The fourth-order valence-electron chi connectivity index (χ4n) is 4.87. The van der Waals surface area contributed by atoms with Crippen LogP contribution < -0.4 is 4.72 Å². The van der Waals surface area contributed by atoms with Crippen molar-refractivity contribution in [2.75, 3.05) is 31.4 Å². The van der Waals surface area contributed by atoms with Gasteiger partial charge in [-0.2, -0.15) is 18.2 Å². The summed E-state index contributed by atoms with van der Waals surface area (Å²) in [5, 5.41) is 13.5. The number of carbonyl (C=O) groups is 1. The third-order valence-corrected chi connectivity index (χ3v) is 8.16. The third-order valence-electron chi connectivity index (χ3n) is 6.90. The first-order chi connectivity index (χ1) is 18.4. The summed E-state index contributed by atoms with van der Waals surface area (Å²) in [5.74, 6) is -1.76. The molecular weight excluding hydrogens is 539 g/mol. The van der Waals surface area contributed by atoms with E-state index in [1.165, 1.54) is 0 Å². The minimum Gasteiger partial charge on any atom is -0.392 e. The second kappa shape index (κ2) is 10.4. The molecule has 3 aromatic rings. The number of nitrogens with zero attached hydrogens (tertiary/aromatic N) is 4. The summed E-state index contributed by atoms with van der Waals surface area (Å²) in [5.41, 5.74) is 3.00. The number of aromatic nitrogens is 2. The molecule has 1 unspecified atom stereocenters. The number of aliphatic hydroxyl groups excluding tert-OH is 1. The zero-order valence-corrected chi connectivity index (χ0v) is 21.7. The lowest BCUT2D eigenvalue weighted by Crippen LogP contribution is -2.39. The molecule has 39 heavy (non-hydrogen) atoms. The number of likely N-dealkylation sites (tertiary alicyclic amines) is 1. The Kier molecular flexibility index (Phi) is 7.33. The highest BCUT2D eigenvalue weighted by molar-refractivity contribution is 8.25. The molecule has 0 spiro atoms. The lowest BCUT2D eigenvalue weighted by Gasteiger charge is -2.32. The number of hydrogen-bond acceptors (Lipinski definition) is 9. The second-order valence-electron chi connectivity index (χ2n) is 9.85. The fraction of sp³-hybridized carbons (Fsp3) is 0.400. The number of benzene rings is 2. The Hall–Kier alpha value is -3.17. The van der Waals surface area contributed by atoms with Crippen LogP contribution in [0.5, 0.6) is 0 Å². The molecule has 0 radical (unpaired) electrons. The highest BCUT2D eigenvalue weighted by Gasteiger charge is 2.38. The molecule has 210 valence electrons. The number of β-amino-alcohol motifs (C(OH)–C–C–N with tert-alkyl or cyclic N) is 1. The van der Waals surface area contributed by atoms with E-state index in [1.54, 1.807) is 54.4 Å². The van der Waals surface area contributed by atoms with Gasteiger partial charge in [0.15, 0.2) is 0 Å². The van der Waals surface area contributed by atoms with Gasteiger partial charge in [0.25, 0.3) is 0 Å². The number of fused-ring (bicyclic) bond motifs is 1. The summed E-state index contributed by atoms with van der Waals surface area (Å²) in [6, 6.07) is 11.4. The van der Waals surface area contributed by atoms with Crippen LogP contribution in [0, 0.1) is 0 Å². The lowest BCUT2D eigenvalue weighted by molar-refractivity contribution is -0.159. The highest BCUT2D eigenvalue weighted by Crippen LogP contribution is 2.50. The smallest absolute Gasteiger partial charge is 0.392 e. The van der Waals surface area contributed by atoms with Crippen LogP contribution in [0.1, 0.15) is 35.0 Å². The van der Waals surface area contributed by atoms with Gasteiger partial charge in [0.2, 0.25) is 11.7 Å². The Morgan fingerprint density at radius 1 is 1.28 bits per heavy atom. The summed E-state index contributed by atoms with van der Waals surface area (Å²) in [4.78, 5) is 20.5. The number of alkyl halides is 3. The molecule has 0 aliphatic carbocycles. The van der Waals surface area contributed by atoms with Gasteiger partial charge in [0.1, 0.15) is 0 Å². The van der Waals surface area contributed by atoms with Crippen molar-refractivity contribution in [2.24, 2.45) is 0 Å². The van der Waals surface area contributed by atoms with E-state index >= 15 is 0 Å². The molecule has 14 heteroatoms. The van der Waals surface area contributed by atoms with Gasteiger partial charge in [-0.25, -0.2) is 0 Å². The van der Waals surface area contributed by atoms with E-state index in [1.807, 2.05) is 4.90 Å². The topological polar surface area (TPSA) is 135 Å². The van der Waals surface area contributed by atoms with Crippen molar-refractivity contribution >= 4 is 22.4 Å². The number of halogens is 3. The average Bonchev–Trinajstić information content (AvgIpc) is 3.59. The standard InChI is InChI=1S/C25H28F3N5O5S/c1-32(22(35)10-15-5-6-18-14-39(36,37)31-20(18)9-15)21(13-33-8-7-19(34)12-33)16-3-2-4-17(11-16)23-29-24(38-30-23)25(26,27)28/h2-6,9,11,19,21,31,34,36-37H,7-8,10,12-14H2,1H3/t19?,21-/m1/s1. The molecule has 1 fully saturated rings. The Balaban J connectivity index is 1.39. The van der Waals surface area contributed by atoms with Crippen molar-refractivity contribution in [3.63, 3.8) is 0 Å². The van der Waals surface area contributed by atoms with Gasteiger partial charge < -0.3 is 14.5 Å². The van der Waals surface area contributed by atoms with Crippen molar-refractivity contribution < 1.29 is 36.7 Å². The van der Waals surface area contributed by atoms with Crippen LogP contribution in [0.4, 0.5) is 18.9 Å². The van der Waals surface area contributed by atoms with Crippen LogP contribution in [-0.2, 0) is 23.1 Å². The molecule has 4 N–H and O–H groups in total. The van der Waals surface area contributed by atoms with Gasteiger partial charge in [-0.3, -0.25) is 23.5 Å². The molecule has 5 rings (SSSR count). The van der Waals surface area contributed by atoms with Gasteiger partial charge in [-0.15, -0.1) is 10.8 Å². The maximum Gasteiger partial charge on any atom is 0.471 e. The van der Waals surface area contributed by atoms with Gasteiger partial charge >= 0.3 is 12.1 Å². The SMILES string of the molecule is CN(C(=O)Cc1ccc2c(c1)NS(O)(O)C2)[C@H](CN1CCC(O)C1)c1cccc(-c2noc(C(F)(F)F)n2)c1. The molecule has 10 nitrogen and oxygen atoms in total. The Bertz CT molecular complexity index is 1370. The lowest BCUT2D eigenvalue weighted by atomic mass is 10.0. The molecule has 1 saturated heterocycles. The average molecular weight is 568 g/mol. The zero-order valence-electron chi connectivity index (χ0n) is 20.9. The maximum atomic E-state index is 13.4. The molecule has 0 saturated carbocycles. The van der Waals surface area contributed by atoms with E-state index in [0.29, 0.717) is 48.4 Å². The molecule has 1 amide bonds. The molecule has 2 aromatic carbocycles. The number of anilines is 1. The van der Waals surface area contributed by atoms with Gasteiger partial charge in [-0.05, 0) is 35.2 Å². The van der Waals surface area contributed by atoms with E-state index in [2.05, 4.69) is 19.4 Å². The molecule has 2 aliphatic rings. The van der Waals surface area contributed by atoms with E-state index in [-0.39, 0.29) is 23.9 Å². The number of likely N-dealkylation sites (N-methyl/N-ethyl adjacent to an activating group) is 1. The van der Waals surface area contributed by atoms with Gasteiger partial charge in [0.05, 0.1) is 30.0 Å². The summed E-state index contributed by atoms with van der Waals surface area (Å²) in [7, 11) is -1.26. The zero-order chi connectivity index (χ0) is 27.9. The van der Waals surface area contributed by atoms with E-state index in [9.17, 15) is 32.2 Å². The molecular formula is C25H28F3N5O5S. The first kappa shape index (κ1) is 27.4. The summed E-state index contributed by atoms with van der Waals surface area (Å²) >= 11 is 0. The second-order valence-corrected chi connectivity index (χ2v) is 11.7. The summed E-state index contributed by atoms with van der Waals surface area (Å²) in [6.45, 7) is 1.48.